The van der Waals surface area contributed by atoms with Crippen molar-refractivity contribution in [3.63, 3.8) is 0 Å². The normalized spacial score (nSPS) is 20.9. The van der Waals surface area contributed by atoms with Crippen LogP contribution in [0, 0.1) is 5.92 Å². The van der Waals surface area contributed by atoms with Crippen molar-refractivity contribution >= 4 is 5.97 Å². The van der Waals surface area contributed by atoms with Gasteiger partial charge in [-0.05, 0) is 18.4 Å². The second-order valence-electron chi connectivity index (χ2n) is 4.18. The van der Waals surface area contributed by atoms with E-state index in [1.807, 2.05) is 24.3 Å². The lowest BCUT2D eigenvalue weighted by Gasteiger charge is -2.18. The molecule has 0 fully saturated rings. The molecule has 0 spiro atoms. The fourth-order valence-corrected chi connectivity index (χ4v) is 2.20. The second kappa shape index (κ2) is 4.05. The highest BCUT2D eigenvalue weighted by Crippen LogP contribution is 2.37. The minimum atomic E-state index is -0.168. The molecule has 0 aromatic heterocycles. The van der Waals surface area contributed by atoms with Crippen LogP contribution in [0.15, 0.2) is 24.3 Å². The fourth-order valence-electron chi connectivity index (χ4n) is 2.20. The van der Waals surface area contributed by atoms with Gasteiger partial charge in [-0.2, -0.15) is 0 Å². The van der Waals surface area contributed by atoms with Crippen LogP contribution in [0.4, 0.5) is 0 Å². The molecule has 0 saturated heterocycles. The summed E-state index contributed by atoms with van der Waals surface area (Å²) in [5.74, 6) is 0.237. The monoisotopic (exact) mass is 204 g/mol. The van der Waals surface area contributed by atoms with Crippen molar-refractivity contribution in [2.45, 2.75) is 32.8 Å². The van der Waals surface area contributed by atoms with Crippen LogP contribution < -0.4 is 0 Å². The smallest absolute Gasteiger partial charge is 0.339 e. The number of benzene rings is 1. The largest absolute Gasteiger partial charge is 0.454 e. The van der Waals surface area contributed by atoms with Crippen LogP contribution in [0.5, 0.6) is 0 Å². The van der Waals surface area contributed by atoms with E-state index < -0.39 is 0 Å². The highest BCUT2D eigenvalue weighted by molar-refractivity contribution is 5.94. The highest BCUT2D eigenvalue weighted by atomic mass is 16.5. The van der Waals surface area contributed by atoms with Gasteiger partial charge in [0.15, 0.2) is 0 Å². The van der Waals surface area contributed by atoms with E-state index in [-0.39, 0.29) is 12.1 Å². The summed E-state index contributed by atoms with van der Waals surface area (Å²) in [5, 5.41) is 0. The van der Waals surface area contributed by atoms with Gasteiger partial charge in [0.05, 0.1) is 5.56 Å². The maximum Gasteiger partial charge on any atom is 0.339 e. The molecule has 2 nitrogen and oxygen atoms in total. The molecule has 15 heavy (non-hydrogen) atoms. The first-order valence-electron chi connectivity index (χ1n) is 5.54. The Hall–Kier alpha value is -1.31. The zero-order valence-electron chi connectivity index (χ0n) is 9.19. The molecule has 1 aromatic rings. The maximum absolute atomic E-state index is 11.6. The zero-order valence-corrected chi connectivity index (χ0v) is 9.19. The van der Waals surface area contributed by atoms with Gasteiger partial charge in [-0.1, -0.05) is 38.5 Å². The molecule has 0 amide bonds. The molecule has 2 unspecified atom stereocenters. The number of esters is 1. The number of carbonyl (C=O) groups is 1. The van der Waals surface area contributed by atoms with Crippen molar-refractivity contribution in [2.75, 3.05) is 0 Å². The molecule has 1 aromatic carbocycles. The summed E-state index contributed by atoms with van der Waals surface area (Å²) in [5.41, 5.74) is 1.80. The maximum atomic E-state index is 11.6. The average Bonchev–Trinajstić information content (AvgIpc) is 2.58. The molecule has 2 rings (SSSR count). The first-order chi connectivity index (χ1) is 7.24. The predicted octanol–water partition coefficient (Wildman–Crippen LogP) is 3.33. The van der Waals surface area contributed by atoms with Gasteiger partial charge in [-0.15, -0.1) is 0 Å². The van der Waals surface area contributed by atoms with Gasteiger partial charge in [0.1, 0.15) is 6.10 Å². The quantitative estimate of drug-likeness (QED) is 0.706. The number of cyclic esters (lactones) is 1. The number of hydrogen-bond acceptors (Lipinski definition) is 2. The molecule has 0 N–H and O–H groups in total. The van der Waals surface area contributed by atoms with E-state index in [9.17, 15) is 4.79 Å². The van der Waals surface area contributed by atoms with Gasteiger partial charge in [-0.3, -0.25) is 0 Å². The Kier molecular flexibility index (Phi) is 2.76. The Morgan fingerprint density at radius 2 is 2.13 bits per heavy atom. The minimum Gasteiger partial charge on any atom is -0.454 e. The third kappa shape index (κ3) is 1.76. The Labute approximate surface area is 90.3 Å². The predicted molar refractivity (Wildman–Crippen MR) is 58.7 cm³/mol. The van der Waals surface area contributed by atoms with Gasteiger partial charge >= 0.3 is 5.97 Å². The molecule has 0 radical (unpaired) electrons. The first kappa shape index (κ1) is 10.2. The number of ether oxygens (including phenoxy) is 1. The summed E-state index contributed by atoms with van der Waals surface area (Å²) in [6.07, 6.45) is 2.18. The molecule has 2 heteroatoms. The fraction of sp³-hybridized carbons (Fsp3) is 0.462. The van der Waals surface area contributed by atoms with Crippen LogP contribution in [0.25, 0.3) is 0 Å². The molecule has 1 heterocycles. The average molecular weight is 204 g/mol. The van der Waals surface area contributed by atoms with Gasteiger partial charge in [-0.25, -0.2) is 4.79 Å². The standard InChI is InChI=1S/C13H16O2/c1-3-6-9(2)12-10-7-4-5-8-11(10)13(14)15-12/h4-5,7-9,12H,3,6H2,1-2H3. The van der Waals surface area contributed by atoms with Crippen LogP contribution in [0.1, 0.15) is 48.7 Å². The van der Waals surface area contributed by atoms with E-state index in [1.165, 1.54) is 0 Å². The van der Waals surface area contributed by atoms with Crippen LogP contribution in [0.3, 0.4) is 0 Å². The third-order valence-corrected chi connectivity index (χ3v) is 2.98. The molecule has 0 saturated carbocycles. The van der Waals surface area contributed by atoms with Gasteiger partial charge in [0.2, 0.25) is 0 Å². The summed E-state index contributed by atoms with van der Waals surface area (Å²) < 4.78 is 5.41. The summed E-state index contributed by atoms with van der Waals surface area (Å²) in [4.78, 5) is 11.6. The van der Waals surface area contributed by atoms with Crippen molar-refractivity contribution in [1.82, 2.24) is 0 Å². The van der Waals surface area contributed by atoms with E-state index in [4.69, 9.17) is 4.74 Å². The Bertz CT molecular complexity index is 371. The molecular formula is C13H16O2. The van der Waals surface area contributed by atoms with Gasteiger partial charge in [0, 0.05) is 5.56 Å². The zero-order chi connectivity index (χ0) is 10.8. The minimum absolute atomic E-state index is 0.0337. The van der Waals surface area contributed by atoms with Crippen LogP contribution in [-0.4, -0.2) is 5.97 Å². The summed E-state index contributed by atoms with van der Waals surface area (Å²) in [7, 11) is 0. The molecule has 2 atom stereocenters. The van der Waals surface area contributed by atoms with E-state index in [0.29, 0.717) is 5.92 Å². The number of hydrogen-bond donors (Lipinski definition) is 0. The molecule has 1 aliphatic rings. The lowest BCUT2D eigenvalue weighted by atomic mass is 9.93. The first-order valence-corrected chi connectivity index (χ1v) is 5.54. The summed E-state index contributed by atoms with van der Waals surface area (Å²) in [6.45, 7) is 4.29. The van der Waals surface area contributed by atoms with Crippen molar-refractivity contribution in [3.8, 4) is 0 Å². The van der Waals surface area contributed by atoms with E-state index in [1.54, 1.807) is 0 Å². The third-order valence-electron chi connectivity index (χ3n) is 2.98. The van der Waals surface area contributed by atoms with E-state index in [0.717, 1.165) is 24.0 Å². The van der Waals surface area contributed by atoms with Crippen molar-refractivity contribution in [1.29, 1.82) is 0 Å². The van der Waals surface area contributed by atoms with Crippen LogP contribution in [-0.2, 0) is 4.74 Å². The van der Waals surface area contributed by atoms with Gasteiger partial charge < -0.3 is 4.74 Å². The highest BCUT2D eigenvalue weighted by Gasteiger charge is 2.33. The SMILES string of the molecule is CCCC(C)C1OC(=O)c2ccccc21. The topological polar surface area (TPSA) is 26.3 Å². The number of fused-ring (bicyclic) bond motifs is 1. The Balaban J connectivity index is 2.28. The molecule has 0 bridgehead atoms. The van der Waals surface area contributed by atoms with Crippen molar-refractivity contribution in [2.24, 2.45) is 5.92 Å². The lowest BCUT2D eigenvalue weighted by molar-refractivity contribution is 0.0247. The van der Waals surface area contributed by atoms with E-state index in [2.05, 4.69) is 13.8 Å². The Morgan fingerprint density at radius 3 is 2.87 bits per heavy atom. The lowest BCUT2D eigenvalue weighted by Crippen LogP contribution is -2.09. The molecule has 0 aliphatic carbocycles. The van der Waals surface area contributed by atoms with Crippen LogP contribution in [0.2, 0.25) is 0 Å². The summed E-state index contributed by atoms with van der Waals surface area (Å²) >= 11 is 0. The van der Waals surface area contributed by atoms with Crippen molar-refractivity contribution in [3.05, 3.63) is 35.4 Å². The van der Waals surface area contributed by atoms with Crippen LogP contribution >= 0.6 is 0 Å². The van der Waals surface area contributed by atoms with Crippen molar-refractivity contribution < 1.29 is 9.53 Å². The number of carbonyl (C=O) groups excluding carboxylic acids is 1. The van der Waals surface area contributed by atoms with Gasteiger partial charge in [0.25, 0.3) is 0 Å². The Morgan fingerprint density at radius 1 is 1.40 bits per heavy atom. The molecule has 1 aliphatic heterocycles. The second-order valence-corrected chi connectivity index (χ2v) is 4.18. The van der Waals surface area contributed by atoms with E-state index >= 15 is 0 Å². The molecule has 80 valence electrons. The summed E-state index contributed by atoms with van der Waals surface area (Å²) in [6, 6.07) is 7.69. The molecular weight excluding hydrogens is 188 g/mol. The number of rotatable bonds is 3.